The number of H-pyrrole nitrogens is 1. The van der Waals surface area contributed by atoms with E-state index in [0.29, 0.717) is 5.57 Å². The molecule has 0 saturated heterocycles. The molecule has 4 heteroatoms. The minimum atomic E-state index is -0.0785. The molecule has 2 aliphatic heterocycles. The molecule has 1 aromatic heterocycles. The van der Waals surface area contributed by atoms with E-state index in [9.17, 15) is 4.79 Å². The highest BCUT2D eigenvalue weighted by Gasteiger charge is 2.28. The zero-order chi connectivity index (χ0) is 16.8. The number of aromatic amines is 1. The van der Waals surface area contributed by atoms with E-state index in [1.54, 1.807) is 0 Å². The van der Waals surface area contributed by atoms with Crippen molar-refractivity contribution in [1.82, 2.24) is 4.98 Å². The number of carbonyl (C=O) groups excluding carboxylic acids is 1. The Morgan fingerprint density at radius 2 is 1.72 bits per heavy atom. The normalized spacial score (nSPS) is 17.7. The molecule has 0 spiro atoms. The van der Waals surface area contributed by atoms with Crippen LogP contribution >= 0.6 is 0 Å². The first-order valence-electron chi connectivity index (χ1n) is 8.17. The monoisotopic (exact) mass is 325 g/mol. The average Bonchev–Trinajstić information content (AvgIpc) is 3.27. The second kappa shape index (κ2) is 5.24. The van der Waals surface area contributed by atoms with Crippen LogP contribution in [-0.4, -0.2) is 10.9 Å². The lowest BCUT2D eigenvalue weighted by Gasteiger charge is -2.17. The third-order valence-electron chi connectivity index (χ3n) is 4.60. The van der Waals surface area contributed by atoms with E-state index in [0.717, 1.165) is 39.5 Å². The Morgan fingerprint density at radius 1 is 0.800 bits per heavy atom. The predicted molar refractivity (Wildman–Crippen MR) is 101 cm³/mol. The second-order valence-electron chi connectivity index (χ2n) is 6.13. The number of aromatic nitrogens is 1. The average molecular weight is 325 g/mol. The van der Waals surface area contributed by atoms with E-state index in [4.69, 9.17) is 0 Å². The Labute approximate surface area is 144 Å². The lowest BCUT2D eigenvalue weighted by Crippen LogP contribution is -2.11. The van der Waals surface area contributed by atoms with Crippen molar-refractivity contribution in [2.75, 3.05) is 10.6 Å². The molecular weight excluding hydrogens is 310 g/mol. The molecule has 0 atom stereocenters. The van der Waals surface area contributed by atoms with Crippen molar-refractivity contribution in [3.05, 3.63) is 83.7 Å². The Bertz CT molecular complexity index is 1060. The molecule has 0 fully saturated rings. The minimum Gasteiger partial charge on any atom is -0.361 e. The van der Waals surface area contributed by atoms with Gasteiger partial charge in [0.1, 0.15) is 0 Å². The van der Waals surface area contributed by atoms with Gasteiger partial charge in [-0.2, -0.15) is 0 Å². The summed E-state index contributed by atoms with van der Waals surface area (Å²) in [6.45, 7) is 0. The van der Waals surface area contributed by atoms with Gasteiger partial charge in [0.2, 0.25) is 0 Å². The number of amides is 1. The molecule has 3 N–H and O–H groups in total. The maximum Gasteiger partial charge on any atom is 0.258 e. The maximum absolute atomic E-state index is 12.6. The van der Waals surface area contributed by atoms with Crippen molar-refractivity contribution in [2.24, 2.45) is 0 Å². The number of benzene rings is 2. The summed E-state index contributed by atoms with van der Waals surface area (Å²) in [5, 5.41) is 6.36. The topological polar surface area (TPSA) is 56.9 Å². The first-order chi connectivity index (χ1) is 12.3. The van der Waals surface area contributed by atoms with Gasteiger partial charge in [-0.25, -0.2) is 0 Å². The van der Waals surface area contributed by atoms with Crippen molar-refractivity contribution < 1.29 is 4.79 Å². The molecule has 1 amide bonds. The van der Waals surface area contributed by atoms with Crippen molar-refractivity contribution >= 4 is 28.9 Å². The van der Waals surface area contributed by atoms with Gasteiger partial charge in [-0.3, -0.25) is 4.79 Å². The van der Waals surface area contributed by atoms with Crippen LogP contribution in [0.1, 0.15) is 11.1 Å². The molecule has 0 aliphatic carbocycles. The van der Waals surface area contributed by atoms with E-state index < -0.39 is 0 Å². The van der Waals surface area contributed by atoms with Crippen LogP contribution in [0.15, 0.2) is 72.6 Å². The van der Waals surface area contributed by atoms with Gasteiger partial charge >= 0.3 is 0 Å². The van der Waals surface area contributed by atoms with Gasteiger partial charge in [-0.05, 0) is 35.9 Å². The van der Waals surface area contributed by atoms with Crippen LogP contribution < -0.4 is 10.6 Å². The maximum atomic E-state index is 12.6. The van der Waals surface area contributed by atoms with Gasteiger partial charge < -0.3 is 15.6 Å². The molecule has 4 nitrogen and oxygen atoms in total. The van der Waals surface area contributed by atoms with E-state index >= 15 is 0 Å². The highest BCUT2D eigenvalue weighted by molar-refractivity contribution is 6.33. The summed E-state index contributed by atoms with van der Waals surface area (Å²) in [5.41, 5.74) is 7.47. The molecule has 25 heavy (non-hydrogen) atoms. The van der Waals surface area contributed by atoms with Gasteiger partial charge in [-0.15, -0.1) is 0 Å². The van der Waals surface area contributed by atoms with Crippen LogP contribution in [0.25, 0.3) is 22.9 Å². The predicted octanol–water partition coefficient (Wildman–Crippen LogP) is 4.48. The lowest BCUT2D eigenvalue weighted by atomic mass is 9.99. The molecule has 2 aliphatic rings. The number of nitrogens with one attached hydrogen (secondary N) is 3. The number of para-hydroxylation sites is 1. The standard InChI is InChI=1S/C21H15N3O/c25-21-20(18-10-8-13-4-1-2-5-17(13)23-18)15-9-7-14(12-19(15)24-21)16-6-3-11-22-16/h1-12,22-23H,(H,24,25). The third kappa shape index (κ3) is 2.19. The van der Waals surface area contributed by atoms with E-state index in [1.807, 2.05) is 72.9 Å². The van der Waals surface area contributed by atoms with Gasteiger partial charge in [0, 0.05) is 34.4 Å². The van der Waals surface area contributed by atoms with Crippen molar-refractivity contribution in [2.45, 2.75) is 0 Å². The van der Waals surface area contributed by atoms with E-state index in [2.05, 4.69) is 15.6 Å². The Balaban J connectivity index is 1.61. The number of allylic oxidation sites excluding steroid dienone is 1. The number of anilines is 2. The summed E-state index contributed by atoms with van der Waals surface area (Å²) in [6, 6.07) is 18.1. The first kappa shape index (κ1) is 13.9. The second-order valence-corrected chi connectivity index (χ2v) is 6.13. The van der Waals surface area contributed by atoms with Crippen LogP contribution in [-0.2, 0) is 4.79 Å². The fourth-order valence-corrected chi connectivity index (χ4v) is 3.38. The van der Waals surface area contributed by atoms with Crippen molar-refractivity contribution in [3.8, 4) is 11.3 Å². The molecule has 5 rings (SSSR count). The number of hydrogen-bond donors (Lipinski definition) is 3. The molecule has 2 aromatic carbocycles. The largest absolute Gasteiger partial charge is 0.361 e. The number of rotatable bonds is 1. The molecule has 0 bridgehead atoms. The highest BCUT2D eigenvalue weighted by atomic mass is 16.2. The zero-order valence-corrected chi connectivity index (χ0v) is 13.3. The number of hydrogen-bond acceptors (Lipinski definition) is 2. The Hall–Kier alpha value is -3.53. The Morgan fingerprint density at radius 3 is 2.60 bits per heavy atom. The number of carbonyl (C=O) groups is 1. The third-order valence-corrected chi connectivity index (χ3v) is 4.60. The summed E-state index contributed by atoms with van der Waals surface area (Å²) >= 11 is 0. The van der Waals surface area contributed by atoms with Crippen molar-refractivity contribution in [3.63, 3.8) is 0 Å². The van der Waals surface area contributed by atoms with Crippen LogP contribution in [0.2, 0.25) is 0 Å². The first-order valence-corrected chi connectivity index (χ1v) is 8.17. The summed E-state index contributed by atoms with van der Waals surface area (Å²) in [6.07, 6.45) is 5.89. The zero-order valence-electron chi connectivity index (χ0n) is 13.3. The molecular formula is C21H15N3O. The smallest absolute Gasteiger partial charge is 0.258 e. The molecule has 0 unspecified atom stereocenters. The van der Waals surface area contributed by atoms with E-state index in [-0.39, 0.29) is 5.91 Å². The number of fused-ring (bicyclic) bond motifs is 2. The summed E-state index contributed by atoms with van der Waals surface area (Å²) < 4.78 is 0. The van der Waals surface area contributed by atoms with Crippen LogP contribution in [0.4, 0.5) is 11.4 Å². The van der Waals surface area contributed by atoms with Crippen LogP contribution in [0, 0.1) is 0 Å². The fraction of sp³-hybridized carbons (Fsp3) is 0. The SMILES string of the molecule is O=C1Nc2cc(-c3ccc[nH]3)ccc2C1=C1C=Cc2ccccc2N1. The van der Waals surface area contributed by atoms with E-state index in [1.165, 1.54) is 0 Å². The summed E-state index contributed by atoms with van der Waals surface area (Å²) in [5.74, 6) is -0.0785. The van der Waals surface area contributed by atoms with Gasteiger partial charge in [-0.1, -0.05) is 36.4 Å². The summed E-state index contributed by atoms with van der Waals surface area (Å²) in [7, 11) is 0. The lowest BCUT2D eigenvalue weighted by molar-refractivity contribution is -0.110. The highest BCUT2D eigenvalue weighted by Crippen LogP contribution is 2.38. The van der Waals surface area contributed by atoms with Gasteiger partial charge in [0.25, 0.3) is 5.91 Å². The van der Waals surface area contributed by atoms with Gasteiger partial charge in [0.15, 0.2) is 0 Å². The fourth-order valence-electron chi connectivity index (χ4n) is 3.38. The van der Waals surface area contributed by atoms with Crippen LogP contribution in [0.3, 0.4) is 0 Å². The molecule has 120 valence electrons. The summed E-state index contributed by atoms with van der Waals surface area (Å²) in [4.78, 5) is 15.8. The molecule has 0 radical (unpaired) electrons. The van der Waals surface area contributed by atoms with Crippen molar-refractivity contribution in [1.29, 1.82) is 0 Å². The Kier molecular flexibility index (Phi) is 2.91. The van der Waals surface area contributed by atoms with Crippen LogP contribution in [0.5, 0.6) is 0 Å². The molecule has 3 aromatic rings. The van der Waals surface area contributed by atoms with Gasteiger partial charge in [0.05, 0.1) is 11.3 Å². The quantitative estimate of drug-likeness (QED) is 0.578. The minimum absolute atomic E-state index is 0.0785. The molecule has 0 saturated carbocycles. The molecule has 3 heterocycles.